The molecule has 0 heterocycles. The van der Waals surface area contributed by atoms with Gasteiger partial charge in [-0.25, -0.2) is 13.1 Å². The van der Waals surface area contributed by atoms with Crippen LogP contribution in [0.4, 0.5) is 11.4 Å². The van der Waals surface area contributed by atoms with E-state index in [1.807, 2.05) is 0 Å². The average molecular weight is 299 g/mol. The number of hydrogen-bond donors (Lipinski definition) is 4. The van der Waals surface area contributed by atoms with Gasteiger partial charge in [0.25, 0.3) is 0 Å². The summed E-state index contributed by atoms with van der Waals surface area (Å²) in [5.74, 6) is 0.247. The SMILES string of the molecule is CNS(=O)(=O)c1ccc(NC2CCCC2CO)cc1N. The highest BCUT2D eigenvalue weighted by Gasteiger charge is 2.26. The zero-order valence-corrected chi connectivity index (χ0v) is 12.3. The molecule has 0 aromatic heterocycles. The molecule has 112 valence electrons. The zero-order chi connectivity index (χ0) is 14.8. The number of aliphatic hydroxyl groups excluding tert-OH is 1. The van der Waals surface area contributed by atoms with E-state index in [1.165, 1.54) is 13.1 Å². The highest BCUT2D eigenvalue weighted by molar-refractivity contribution is 7.89. The largest absolute Gasteiger partial charge is 0.398 e. The lowest BCUT2D eigenvalue weighted by atomic mass is 10.0. The molecule has 2 rings (SSSR count). The maximum absolute atomic E-state index is 11.7. The summed E-state index contributed by atoms with van der Waals surface area (Å²) < 4.78 is 25.7. The van der Waals surface area contributed by atoms with Crippen LogP contribution in [-0.4, -0.2) is 33.2 Å². The summed E-state index contributed by atoms with van der Waals surface area (Å²) in [5.41, 5.74) is 6.81. The molecule has 0 spiro atoms. The topological polar surface area (TPSA) is 104 Å². The molecule has 5 N–H and O–H groups in total. The molecule has 0 bridgehead atoms. The number of benzene rings is 1. The smallest absolute Gasteiger partial charge is 0.242 e. The van der Waals surface area contributed by atoms with Crippen LogP contribution in [0.3, 0.4) is 0 Å². The van der Waals surface area contributed by atoms with Gasteiger partial charge in [0, 0.05) is 24.3 Å². The number of anilines is 2. The van der Waals surface area contributed by atoms with E-state index in [-0.39, 0.29) is 29.1 Å². The molecule has 2 atom stereocenters. The third-order valence-corrected chi connectivity index (χ3v) is 5.30. The summed E-state index contributed by atoms with van der Waals surface area (Å²) >= 11 is 0. The minimum absolute atomic E-state index is 0.0793. The second-order valence-electron chi connectivity index (χ2n) is 5.08. The lowest BCUT2D eigenvalue weighted by molar-refractivity contribution is 0.222. The van der Waals surface area contributed by atoms with Gasteiger partial charge in [0.1, 0.15) is 4.90 Å². The number of aliphatic hydroxyl groups is 1. The van der Waals surface area contributed by atoms with E-state index in [9.17, 15) is 13.5 Å². The Morgan fingerprint density at radius 2 is 2.15 bits per heavy atom. The second-order valence-corrected chi connectivity index (χ2v) is 6.94. The molecular weight excluding hydrogens is 278 g/mol. The number of hydrogen-bond acceptors (Lipinski definition) is 5. The van der Waals surface area contributed by atoms with Gasteiger partial charge in [-0.05, 0) is 38.1 Å². The van der Waals surface area contributed by atoms with E-state index in [2.05, 4.69) is 10.0 Å². The predicted molar refractivity (Wildman–Crippen MR) is 78.9 cm³/mol. The molecule has 0 radical (unpaired) electrons. The van der Waals surface area contributed by atoms with Gasteiger partial charge < -0.3 is 16.2 Å². The molecule has 1 aliphatic rings. The molecule has 1 saturated carbocycles. The average Bonchev–Trinajstić information content (AvgIpc) is 2.85. The van der Waals surface area contributed by atoms with Crippen molar-refractivity contribution < 1.29 is 13.5 Å². The fourth-order valence-corrected chi connectivity index (χ4v) is 3.49. The van der Waals surface area contributed by atoms with Gasteiger partial charge in [-0.1, -0.05) is 6.42 Å². The molecule has 20 heavy (non-hydrogen) atoms. The molecule has 1 aromatic rings. The van der Waals surface area contributed by atoms with Crippen LogP contribution < -0.4 is 15.8 Å². The minimum Gasteiger partial charge on any atom is -0.398 e. The Morgan fingerprint density at radius 1 is 1.40 bits per heavy atom. The standard InChI is InChI=1S/C13H21N3O3S/c1-15-20(18,19)13-6-5-10(7-11(13)14)16-12-4-2-3-9(12)8-17/h5-7,9,12,15-17H,2-4,8,14H2,1H3. The maximum atomic E-state index is 11.7. The van der Waals surface area contributed by atoms with Gasteiger partial charge in [0.05, 0.1) is 5.69 Å². The van der Waals surface area contributed by atoms with Gasteiger partial charge in [0.2, 0.25) is 10.0 Å². The fraction of sp³-hybridized carbons (Fsp3) is 0.538. The number of nitrogen functional groups attached to an aromatic ring is 1. The Kier molecular flexibility index (Phi) is 4.52. The molecule has 7 heteroatoms. The molecule has 1 fully saturated rings. The van der Waals surface area contributed by atoms with Crippen molar-refractivity contribution in [2.75, 3.05) is 24.7 Å². The first kappa shape index (κ1) is 15.1. The lowest BCUT2D eigenvalue weighted by Gasteiger charge is -2.21. The predicted octanol–water partition coefficient (Wildman–Crippen LogP) is 0.750. The lowest BCUT2D eigenvalue weighted by Crippen LogP contribution is -2.26. The van der Waals surface area contributed by atoms with E-state index >= 15 is 0 Å². The van der Waals surface area contributed by atoms with Crippen LogP contribution >= 0.6 is 0 Å². The summed E-state index contributed by atoms with van der Waals surface area (Å²) in [6.45, 7) is 0.166. The first-order valence-electron chi connectivity index (χ1n) is 6.68. The Bertz CT molecular complexity index is 574. The summed E-state index contributed by atoms with van der Waals surface area (Å²) in [6.07, 6.45) is 3.10. The van der Waals surface area contributed by atoms with Crippen LogP contribution in [0.1, 0.15) is 19.3 Å². The van der Waals surface area contributed by atoms with Gasteiger partial charge >= 0.3 is 0 Å². The number of rotatable bonds is 5. The Hall–Kier alpha value is -1.31. The van der Waals surface area contributed by atoms with Crippen molar-refractivity contribution in [2.24, 2.45) is 5.92 Å². The van der Waals surface area contributed by atoms with Crippen molar-refractivity contribution in [3.63, 3.8) is 0 Å². The second kappa shape index (κ2) is 5.99. The number of sulfonamides is 1. The van der Waals surface area contributed by atoms with Crippen LogP contribution in [0, 0.1) is 5.92 Å². The molecule has 6 nitrogen and oxygen atoms in total. The number of nitrogens with one attached hydrogen (secondary N) is 2. The molecule has 0 amide bonds. The minimum atomic E-state index is -3.53. The number of nitrogens with two attached hydrogens (primary N) is 1. The fourth-order valence-electron chi connectivity index (χ4n) is 2.65. The van der Waals surface area contributed by atoms with Gasteiger partial charge in [-0.3, -0.25) is 0 Å². The van der Waals surface area contributed by atoms with E-state index in [1.54, 1.807) is 12.1 Å². The summed E-state index contributed by atoms with van der Waals surface area (Å²) in [7, 11) is -2.18. The van der Waals surface area contributed by atoms with Crippen LogP contribution in [-0.2, 0) is 10.0 Å². The molecular formula is C13H21N3O3S. The van der Waals surface area contributed by atoms with Crippen molar-refractivity contribution in [2.45, 2.75) is 30.2 Å². The van der Waals surface area contributed by atoms with Crippen molar-refractivity contribution >= 4 is 21.4 Å². The molecule has 1 aliphatic carbocycles. The van der Waals surface area contributed by atoms with Gasteiger partial charge in [0.15, 0.2) is 0 Å². The van der Waals surface area contributed by atoms with Crippen LogP contribution in [0.5, 0.6) is 0 Å². The summed E-state index contributed by atoms with van der Waals surface area (Å²) in [4.78, 5) is 0.0793. The van der Waals surface area contributed by atoms with Crippen LogP contribution in [0.2, 0.25) is 0 Å². The first-order chi connectivity index (χ1) is 9.47. The zero-order valence-electron chi connectivity index (χ0n) is 11.5. The van der Waals surface area contributed by atoms with E-state index in [4.69, 9.17) is 5.73 Å². The quantitative estimate of drug-likeness (QED) is 0.601. The van der Waals surface area contributed by atoms with Crippen LogP contribution in [0.15, 0.2) is 23.1 Å². The molecule has 0 saturated heterocycles. The van der Waals surface area contributed by atoms with Gasteiger partial charge in [-0.2, -0.15) is 0 Å². The molecule has 2 unspecified atom stereocenters. The molecule has 1 aromatic carbocycles. The van der Waals surface area contributed by atoms with Crippen LogP contribution in [0.25, 0.3) is 0 Å². The summed E-state index contributed by atoms with van der Waals surface area (Å²) in [6, 6.07) is 5.03. The van der Waals surface area contributed by atoms with E-state index in [0.717, 1.165) is 24.9 Å². The summed E-state index contributed by atoms with van der Waals surface area (Å²) in [5, 5.41) is 12.6. The highest BCUT2D eigenvalue weighted by atomic mass is 32.2. The normalized spacial score (nSPS) is 22.9. The van der Waals surface area contributed by atoms with Crippen molar-refractivity contribution in [3.05, 3.63) is 18.2 Å². The molecule has 0 aliphatic heterocycles. The van der Waals surface area contributed by atoms with Gasteiger partial charge in [-0.15, -0.1) is 0 Å². The first-order valence-corrected chi connectivity index (χ1v) is 8.16. The third-order valence-electron chi connectivity index (χ3n) is 3.81. The third kappa shape index (κ3) is 3.05. The van der Waals surface area contributed by atoms with Crippen molar-refractivity contribution in [3.8, 4) is 0 Å². The Balaban J connectivity index is 2.17. The van der Waals surface area contributed by atoms with E-state index < -0.39 is 10.0 Å². The van der Waals surface area contributed by atoms with E-state index in [0.29, 0.717) is 0 Å². The highest BCUT2D eigenvalue weighted by Crippen LogP contribution is 2.29. The monoisotopic (exact) mass is 299 g/mol. The van der Waals surface area contributed by atoms with Crippen molar-refractivity contribution in [1.82, 2.24) is 4.72 Å². The van der Waals surface area contributed by atoms with Crippen molar-refractivity contribution in [1.29, 1.82) is 0 Å². The Morgan fingerprint density at radius 3 is 2.75 bits per heavy atom. The maximum Gasteiger partial charge on any atom is 0.242 e. The Labute approximate surface area is 119 Å².